The average molecular weight is 303 g/mol. The molecule has 1 aromatic rings. The van der Waals surface area contributed by atoms with E-state index in [0.29, 0.717) is 12.0 Å². The highest BCUT2D eigenvalue weighted by atomic mass is 16.6. The minimum atomic E-state index is -0.743. The number of carbonyl (C=O) groups is 2. The Kier molecular flexibility index (Phi) is 5.93. The van der Waals surface area contributed by atoms with Crippen molar-refractivity contribution in [3.8, 4) is 6.07 Å². The predicted octanol–water partition coefficient (Wildman–Crippen LogP) is 1.74. The molecule has 0 aliphatic rings. The van der Waals surface area contributed by atoms with E-state index < -0.39 is 17.7 Å². The summed E-state index contributed by atoms with van der Waals surface area (Å²) in [5.74, 6) is -0.310. The third kappa shape index (κ3) is 5.83. The van der Waals surface area contributed by atoms with Gasteiger partial charge < -0.3 is 15.4 Å². The van der Waals surface area contributed by atoms with Crippen LogP contribution in [-0.2, 0) is 16.0 Å². The van der Waals surface area contributed by atoms with Crippen molar-refractivity contribution in [2.75, 3.05) is 7.05 Å². The van der Waals surface area contributed by atoms with E-state index in [0.717, 1.165) is 5.56 Å². The van der Waals surface area contributed by atoms with Crippen molar-refractivity contribution in [2.24, 2.45) is 0 Å². The van der Waals surface area contributed by atoms with Crippen LogP contribution in [0.1, 0.15) is 31.9 Å². The number of carbonyl (C=O) groups excluding carboxylic acids is 2. The standard InChI is InChI=1S/C16H21N3O3/c1-16(2,3)22-15(21)19-13(14(20)18-4)9-11-5-7-12(10-17)8-6-11/h5-8,13H,9H2,1-4H3,(H,18,20)(H,19,21)/t13-/m0/s1. The Labute approximate surface area is 130 Å². The molecule has 0 radical (unpaired) electrons. The summed E-state index contributed by atoms with van der Waals surface area (Å²) in [5, 5.41) is 13.9. The monoisotopic (exact) mass is 303 g/mol. The highest BCUT2D eigenvalue weighted by Gasteiger charge is 2.23. The first kappa shape index (κ1) is 17.5. The molecule has 6 heteroatoms. The highest BCUT2D eigenvalue weighted by molar-refractivity contribution is 5.85. The number of benzene rings is 1. The highest BCUT2D eigenvalue weighted by Crippen LogP contribution is 2.09. The second kappa shape index (κ2) is 7.46. The number of amides is 2. The summed E-state index contributed by atoms with van der Waals surface area (Å²) in [6.45, 7) is 5.26. The minimum Gasteiger partial charge on any atom is -0.444 e. The molecule has 6 nitrogen and oxygen atoms in total. The fourth-order valence-corrected chi connectivity index (χ4v) is 1.78. The molecule has 0 bridgehead atoms. The van der Waals surface area contributed by atoms with Crippen molar-refractivity contribution in [3.05, 3.63) is 35.4 Å². The third-order valence-corrected chi connectivity index (χ3v) is 2.78. The Hall–Kier alpha value is -2.55. The maximum absolute atomic E-state index is 11.9. The van der Waals surface area contributed by atoms with E-state index in [4.69, 9.17) is 10.00 Å². The Morgan fingerprint density at radius 2 is 1.86 bits per heavy atom. The van der Waals surface area contributed by atoms with Crippen LogP contribution in [0.15, 0.2) is 24.3 Å². The molecule has 1 atom stereocenters. The Morgan fingerprint density at radius 1 is 1.27 bits per heavy atom. The molecule has 0 aliphatic heterocycles. The molecule has 0 saturated heterocycles. The van der Waals surface area contributed by atoms with E-state index in [1.54, 1.807) is 45.0 Å². The third-order valence-electron chi connectivity index (χ3n) is 2.78. The first-order chi connectivity index (χ1) is 10.2. The number of nitrogens with one attached hydrogen (secondary N) is 2. The molecule has 22 heavy (non-hydrogen) atoms. The van der Waals surface area contributed by atoms with Crippen molar-refractivity contribution in [3.63, 3.8) is 0 Å². The molecule has 0 fully saturated rings. The van der Waals surface area contributed by atoms with Crippen LogP contribution in [0.4, 0.5) is 4.79 Å². The van der Waals surface area contributed by atoms with Gasteiger partial charge in [-0.15, -0.1) is 0 Å². The summed E-state index contributed by atoms with van der Waals surface area (Å²) < 4.78 is 5.16. The van der Waals surface area contributed by atoms with Crippen molar-refractivity contribution in [2.45, 2.75) is 38.8 Å². The second-order valence-corrected chi connectivity index (χ2v) is 5.83. The SMILES string of the molecule is CNC(=O)[C@H](Cc1ccc(C#N)cc1)NC(=O)OC(C)(C)C. The summed E-state index contributed by atoms with van der Waals surface area (Å²) in [4.78, 5) is 23.7. The zero-order valence-electron chi connectivity index (χ0n) is 13.3. The fourth-order valence-electron chi connectivity index (χ4n) is 1.78. The molecule has 0 saturated carbocycles. The summed E-state index contributed by atoms with van der Waals surface area (Å²) >= 11 is 0. The van der Waals surface area contributed by atoms with Gasteiger partial charge in [0, 0.05) is 13.5 Å². The lowest BCUT2D eigenvalue weighted by atomic mass is 10.0. The number of hydrogen-bond donors (Lipinski definition) is 2. The van der Waals surface area contributed by atoms with Crippen LogP contribution in [0.3, 0.4) is 0 Å². The first-order valence-electron chi connectivity index (χ1n) is 6.95. The molecule has 0 spiro atoms. The van der Waals surface area contributed by atoms with Crippen LogP contribution in [-0.4, -0.2) is 30.7 Å². The summed E-state index contributed by atoms with van der Waals surface area (Å²) in [5.41, 5.74) is 0.746. The molecular weight excluding hydrogens is 282 g/mol. The maximum atomic E-state index is 11.9. The molecule has 2 N–H and O–H groups in total. The topological polar surface area (TPSA) is 91.2 Å². The van der Waals surface area contributed by atoms with E-state index in [-0.39, 0.29) is 5.91 Å². The van der Waals surface area contributed by atoms with Gasteiger partial charge in [0.25, 0.3) is 0 Å². The van der Waals surface area contributed by atoms with Crippen molar-refractivity contribution < 1.29 is 14.3 Å². The predicted molar refractivity (Wildman–Crippen MR) is 82.1 cm³/mol. The number of rotatable bonds is 4. The quantitative estimate of drug-likeness (QED) is 0.886. The van der Waals surface area contributed by atoms with Gasteiger partial charge in [-0.3, -0.25) is 4.79 Å². The Balaban J connectivity index is 2.78. The molecule has 0 heterocycles. The smallest absolute Gasteiger partial charge is 0.408 e. The van der Waals surface area contributed by atoms with E-state index >= 15 is 0 Å². The van der Waals surface area contributed by atoms with Gasteiger partial charge in [-0.25, -0.2) is 4.79 Å². The van der Waals surface area contributed by atoms with Crippen LogP contribution >= 0.6 is 0 Å². The molecule has 0 unspecified atom stereocenters. The van der Waals surface area contributed by atoms with Crippen LogP contribution in [0, 0.1) is 11.3 Å². The van der Waals surface area contributed by atoms with Gasteiger partial charge in [-0.1, -0.05) is 12.1 Å². The van der Waals surface area contributed by atoms with Crippen LogP contribution in [0.2, 0.25) is 0 Å². The zero-order chi connectivity index (χ0) is 16.8. The van der Waals surface area contributed by atoms with Gasteiger partial charge in [0.1, 0.15) is 11.6 Å². The molecule has 1 rings (SSSR count). The van der Waals surface area contributed by atoms with Crippen molar-refractivity contribution in [1.82, 2.24) is 10.6 Å². The molecule has 0 aromatic heterocycles. The number of ether oxygens (including phenoxy) is 1. The van der Waals surface area contributed by atoms with Crippen LogP contribution < -0.4 is 10.6 Å². The Morgan fingerprint density at radius 3 is 2.32 bits per heavy atom. The van der Waals surface area contributed by atoms with E-state index in [9.17, 15) is 9.59 Å². The minimum absolute atomic E-state index is 0.310. The van der Waals surface area contributed by atoms with Crippen molar-refractivity contribution in [1.29, 1.82) is 5.26 Å². The lowest BCUT2D eigenvalue weighted by Crippen LogP contribution is -2.48. The first-order valence-corrected chi connectivity index (χ1v) is 6.95. The van der Waals surface area contributed by atoms with Gasteiger partial charge in [-0.2, -0.15) is 5.26 Å². The number of likely N-dealkylation sites (N-methyl/N-ethyl adjacent to an activating group) is 1. The van der Waals surface area contributed by atoms with E-state index in [1.165, 1.54) is 7.05 Å². The van der Waals surface area contributed by atoms with Gasteiger partial charge in [0.05, 0.1) is 11.6 Å². The molecule has 0 aliphatic carbocycles. The molecule has 2 amide bonds. The van der Waals surface area contributed by atoms with Gasteiger partial charge in [0.2, 0.25) is 5.91 Å². The molecule has 1 aromatic carbocycles. The number of nitrogens with zero attached hydrogens (tertiary/aromatic N) is 1. The van der Waals surface area contributed by atoms with Crippen LogP contribution in [0.5, 0.6) is 0 Å². The van der Waals surface area contributed by atoms with Gasteiger partial charge in [-0.05, 0) is 38.5 Å². The van der Waals surface area contributed by atoms with Gasteiger partial charge in [0.15, 0.2) is 0 Å². The lowest BCUT2D eigenvalue weighted by molar-refractivity contribution is -0.122. The normalized spacial score (nSPS) is 12.0. The molecule has 118 valence electrons. The Bertz CT molecular complexity index is 568. The zero-order valence-corrected chi connectivity index (χ0v) is 13.3. The van der Waals surface area contributed by atoms with Crippen molar-refractivity contribution >= 4 is 12.0 Å². The second-order valence-electron chi connectivity index (χ2n) is 5.83. The summed E-state index contributed by atoms with van der Waals surface area (Å²) in [6, 6.07) is 8.14. The van der Waals surface area contributed by atoms with E-state index in [1.807, 2.05) is 6.07 Å². The maximum Gasteiger partial charge on any atom is 0.408 e. The summed E-state index contributed by atoms with van der Waals surface area (Å²) in [6.07, 6.45) is -0.334. The van der Waals surface area contributed by atoms with Gasteiger partial charge >= 0.3 is 6.09 Å². The fraction of sp³-hybridized carbons (Fsp3) is 0.438. The number of hydrogen-bond acceptors (Lipinski definition) is 4. The average Bonchev–Trinajstić information content (AvgIpc) is 2.44. The summed E-state index contributed by atoms with van der Waals surface area (Å²) in [7, 11) is 1.50. The molecular formula is C16H21N3O3. The number of nitriles is 1. The lowest BCUT2D eigenvalue weighted by Gasteiger charge is -2.23. The van der Waals surface area contributed by atoms with E-state index in [2.05, 4.69) is 10.6 Å². The largest absolute Gasteiger partial charge is 0.444 e. The van der Waals surface area contributed by atoms with Crippen LogP contribution in [0.25, 0.3) is 0 Å². The number of alkyl carbamates (subject to hydrolysis) is 1.